The summed E-state index contributed by atoms with van der Waals surface area (Å²) in [6, 6.07) is 7.59. The highest BCUT2D eigenvalue weighted by molar-refractivity contribution is 5.32. The lowest BCUT2D eigenvalue weighted by atomic mass is 9.72. The molecular weight excluding hydrogens is 242 g/mol. The Bertz CT molecular complexity index is 424. The first-order chi connectivity index (χ1) is 9.67. The standard InChI is InChI=1S/C19H31N/c1-5-16-9-7-8-10-18(16)19(20-6-2)17-12-11-14(3)15(4)13-17/h11-13,16,18-20H,5-10H2,1-4H3. The molecule has 0 amide bonds. The number of hydrogen-bond donors (Lipinski definition) is 1. The molecular formula is C19H31N. The van der Waals surface area contributed by atoms with E-state index in [0.29, 0.717) is 6.04 Å². The number of nitrogens with one attached hydrogen (secondary N) is 1. The minimum Gasteiger partial charge on any atom is -0.310 e. The van der Waals surface area contributed by atoms with E-state index in [-0.39, 0.29) is 0 Å². The van der Waals surface area contributed by atoms with Crippen molar-refractivity contribution >= 4 is 0 Å². The van der Waals surface area contributed by atoms with Crippen molar-refractivity contribution in [2.24, 2.45) is 11.8 Å². The van der Waals surface area contributed by atoms with E-state index in [2.05, 4.69) is 51.2 Å². The van der Waals surface area contributed by atoms with Gasteiger partial charge in [-0.05, 0) is 55.3 Å². The van der Waals surface area contributed by atoms with Crippen LogP contribution in [-0.4, -0.2) is 6.54 Å². The van der Waals surface area contributed by atoms with Crippen LogP contribution in [0, 0.1) is 25.7 Å². The second-order valence-corrected chi connectivity index (χ2v) is 6.50. The second-order valence-electron chi connectivity index (χ2n) is 6.50. The Labute approximate surface area is 125 Å². The minimum atomic E-state index is 0.546. The molecule has 1 N–H and O–H groups in total. The molecule has 112 valence electrons. The van der Waals surface area contributed by atoms with Crippen LogP contribution >= 0.6 is 0 Å². The van der Waals surface area contributed by atoms with Gasteiger partial charge >= 0.3 is 0 Å². The lowest BCUT2D eigenvalue weighted by molar-refractivity contribution is 0.176. The Morgan fingerprint density at radius 1 is 1.10 bits per heavy atom. The van der Waals surface area contributed by atoms with Gasteiger partial charge in [0.1, 0.15) is 0 Å². The third-order valence-corrected chi connectivity index (χ3v) is 5.23. The Kier molecular flexibility index (Phi) is 5.65. The zero-order chi connectivity index (χ0) is 14.5. The van der Waals surface area contributed by atoms with Gasteiger partial charge in [-0.3, -0.25) is 0 Å². The minimum absolute atomic E-state index is 0.546. The Balaban J connectivity index is 2.26. The topological polar surface area (TPSA) is 12.0 Å². The van der Waals surface area contributed by atoms with Gasteiger partial charge in [-0.15, -0.1) is 0 Å². The van der Waals surface area contributed by atoms with Gasteiger partial charge in [0, 0.05) is 6.04 Å². The molecule has 0 bridgehead atoms. The molecule has 3 unspecified atom stereocenters. The Morgan fingerprint density at radius 2 is 1.85 bits per heavy atom. The summed E-state index contributed by atoms with van der Waals surface area (Å²) in [5.41, 5.74) is 4.33. The van der Waals surface area contributed by atoms with Gasteiger partial charge in [0.25, 0.3) is 0 Å². The van der Waals surface area contributed by atoms with Crippen LogP contribution < -0.4 is 5.32 Å². The van der Waals surface area contributed by atoms with Gasteiger partial charge in [-0.1, -0.05) is 57.7 Å². The molecule has 0 heterocycles. The van der Waals surface area contributed by atoms with E-state index in [1.54, 1.807) is 0 Å². The van der Waals surface area contributed by atoms with Crippen LogP contribution in [0.5, 0.6) is 0 Å². The maximum Gasteiger partial charge on any atom is 0.0351 e. The molecule has 0 radical (unpaired) electrons. The first-order valence-corrected chi connectivity index (χ1v) is 8.47. The highest BCUT2D eigenvalue weighted by Crippen LogP contribution is 2.40. The van der Waals surface area contributed by atoms with E-state index < -0.39 is 0 Å². The predicted octanol–water partition coefficient (Wildman–Crippen LogP) is 5.17. The number of rotatable bonds is 5. The fourth-order valence-electron chi connectivity index (χ4n) is 3.88. The maximum atomic E-state index is 3.78. The van der Waals surface area contributed by atoms with Crippen molar-refractivity contribution in [3.63, 3.8) is 0 Å². The highest BCUT2D eigenvalue weighted by Gasteiger charge is 2.31. The average Bonchev–Trinajstić information content (AvgIpc) is 2.48. The summed E-state index contributed by atoms with van der Waals surface area (Å²) in [6.45, 7) is 10.1. The summed E-state index contributed by atoms with van der Waals surface area (Å²) < 4.78 is 0. The quantitative estimate of drug-likeness (QED) is 0.780. The molecule has 1 aromatic carbocycles. The zero-order valence-corrected chi connectivity index (χ0v) is 13.7. The van der Waals surface area contributed by atoms with Crippen LogP contribution in [0.2, 0.25) is 0 Å². The summed E-state index contributed by atoms with van der Waals surface area (Å²) in [5.74, 6) is 1.71. The van der Waals surface area contributed by atoms with E-state index >= 15 is 0 Å². The molecule has 1 nitrogen and oxygen atoms in total. The molecule has 0 aromatic heterocycles. The third-order valence-electron chi connectivity index (χ3n) is 5.23. The van der Waals surface area contributed by atoms with Gasteiger partial charge in [-0.2, -0.15) is 0 Å². The van der Waals surface area contributed by atoms with Crippen molar-refractivity contribution in [1.82, 2.24) is 5.32 Å². The molecule has 0 aliphatic heterocycles. The van der Waals surface area contributed by atoms with Crippen molar-refractivity contribution in [2.75, 3.05) is 6.54 Å². The van der Waals surface area contributed by atoms with Crippen molar-refractivity contribution < 1.29 is 0 Å². The molecule has 1 heteroatoms. The molecule has 1 saturated carbocycles. The Hall–Kier alpha value is -0.820. The van der Waals surface area contributed by atoms with Crippen LogP contribution in [0.1, 0.15) is 68.7 Å². The van der Waals surface area contributed by atoms with Crippen LogP contribution in [-0.2, 0) is 0 Å². The predicted molar refractivity (Wildman–Crippen MR) is 88.1 cm³/mol. The first-order valence-electron chi connectivity index (χ1n) is 8.47. The monoisotopic (exact) mass is 273 g/mol. The van der Waals surface area contributed by atoms with Gasteiger partial charge in [0.2, 0.25) is 0 Å². The molecule has 3 atom stereocenters. The summed E-state index contributed by atoms with van der Waals surface area (Å²) in [7, 11) is 0. The van der Waals surface area contributed by atoms with Gasteiger partial charge in [0.15, 0.2) is 0 Å². The fraction of sp³-hybridized carbons (Fsp3) is 0.684. The van der Waals surface area contributed by atoms with Crippen LogP contribution in [0.15, 0.2) is 18.2 Å². The molecule has 0 saturated heterocycles. The van der Waals surface area contributed by atoms with E-state index in [1.165, 1.54) is 48.8 Å². The van der Waals surface area contributed by atoms with E-state index in [0.717, 1.165) is 18.4 Å². The van der Waals surface area contributed by atoms with E-state index in [9.17, 15) is 0 Å². The highest BCUT2D eigenvalue weighted by atomic mass is 14.9. The molecule has 1 aliphatic rings. The second kappa shape index (κ2) is 7.26. The molecule has 20 heavy (non-hydrogen) atoms. The summed E-state index contributed by atoms with van der Waals surface area (Å²) in [4.78, 5) is 0. The SMILES string of the molecule is CCNC(c1ccc(C)c(C)c1)C1CCCCC1CC. The van der Waals surface area contributed by atoms with Crippen molar-refractivity contribution in [1.29, 1.82) is 0 Å². The maximum absolute atomic E-state index is 3.78. The summed E-state index contributed by atoms with van der Waals surface area (Å²) in [5, 5.41) is 3.78. The van der Waals surface area contributed by atoms with Crippen molar-refractivity contribution in [2.45, 2.75) is 65.8 Å². The van der Waals surface area contributed by atoms with Gasteiger partial charge < -0.3 is 5.32 Å². The van der Waals surface area contributed by atoms with Crippen LogP contribution in [0.4, 0.5) is 0 Å². The van der Waals surface area contributed by atoms with E-state index in [1.807, 2.05) is 0 Å². The van der Waals surface area contributed by atoms with E-state index in [4.69, 9.17) is 0 Å². The normalized spacial score (nSPS) is 24.6. The molecule has 2 rings (SSSR count). The lowest BCUT2D eigenvalue weighted by Crippen LogP contribution is -2.34. The Morgan fingerprint density at radius 3 is 2.50 bits per heavy atom. The average molecular weight is 273 g/mol. The van der Waals surface area contributed by atoms with Crippen molar-refractivity contribution in [3.8, 4) is 0 Å². The number of benzene rings is 1. The largest absolute Gasteiger partial charge is 0.310 e. The summed E-state index contributed by atoms with van der Waals surface area (Å²) in [6.07, 6.45) is 6.99. The third kappa shape index (κ3) is 3.44. The number of aryl methyl sites for hydroxylation is 2. The molecule has 1 aromatic rings. The van der Waals surface area contributed by atoms with Gasteiger partial charge in [-0.25, -0.2) is 0 Å². The first kappa shape index (κ1) is 15.6. The zero-order valence-electron chi connectivity index (χ0n) is 13.7. The molecule has 1 aliphatic carbocycles. The molecule has 0 spiro atoms. The van der Waals surface area contributed by atoms with Crippen molar-refractivity contribution in [3.05, 3.63) is 34.9 Å². The number of hydrogen-bond acceptors (Lipinski definition) is 1. The van der Waals surface area contributed by atoms with Gasteiger partial charge in [0.05, 0.1) is 0 Å². The smallest absolute Gasteiger partial charge is 0.0351 e. The lowest BCUT2D eigenvalue weighted by Gasteiger charge is -2.37. The molecule has 1 fully saturated rings. The van der Waals surface area contributed by atoms with Crippen LogP contribution in [0.3, 0.4) is 0 Å². The van der Waals surface area contributed by atoms with Crippen LogP contribution in [0.25, 0.3) is 0 Å². The fourth-order valence-corrected chi connectivity index (χ4v) is 3.88. The summed E-state index contributed by atoms with van der Waals surface area (Å²) >= 11 is 0.